The number of ether oxygens (including phenoxy) is 1. The molecule has 0 aromatic rings. The average Bonchev–Trinajstić information content (AvgIpc) is 2.24. The maximum Gasteiger partial charge on any atom is 0.0621 e. The van der Waals surface area contributed by atoms with E-state index in [-0.39, 0.29) is 0 Å². The van der Waals surface area contributed by atoms with Crippen molar-refractivity contribution in [3.05, 3.63) is 0 Å². The van der Waals surface area contributed by atoms with Crippen LogP contribution in [0.4, 0.5) is 0 Å². The first-order valence-corrected chi connectivity index (χ1v) is 6.73. The van der Waals surface area contributed by atoms with Gasteiger partial charge in [0.1, 0.15) is 0 Å². The van der Waals surface area contributed by atoms with Gasteiger partial charge in [-0.15, -0.1) is 0 Å². The molecule has 0 amide bonds. The van der Waals surface area contributed by atoms with E-state index < -0.39 is 0 Å². The van der Waals surface area contributed by atoms with E-state index in [4.69, 9.17) is 4.74 Å². The summed E-state index contributed by atoms with van der Waals surface area (Å²) in [5.41, 5.74) is 0. The van der Waals surface area contributed by atoms with Crippen LogP contribution in [0.5, 0.6) is 0 Å². The Morgan fingerprint density at radius 2 is 1.44 bits per heavy atom. The van der Waals surface area contributed by atoms with Gasteiger partial charge in [-0.3, -0.25) is 0 Å². The lowest BCUT2D eigenvalue weighted by atomic mass is 10.2. The zero-order chi connectivity index (χ0) is 13.0. The molecular formula is C14H33NO. The highest BCUT2D eigenvalue weighted by atomic mass is 16.5. The van der Waals surface area contributed by atoms with Crippen LogP contribution in [0.2, 0.25) is 0 Å². The molecule has 100 valence electrons. The Morgan fingerprint density at radius 3 is 1.69 bits per heavy atom. The Kier molecular flexibility index (Phi) is 14.8. The van der Waals surface area contributed by atoms with Crippen molar-refractivity contribution >= 4 is 0 Å². The minimum atomic E-state index is 0.573. The van der Waals surface area contributed by atoms with E-state index in [1.807, 2.05) is 0 Å². The predicted octanol–water partition coefficient (Wildman–Crippen LogP) is 3.81. The first kappa shape index (κ1) is 18.3. The number of rotatable bonds is 7. The maximum absolute atomic E-state index is 5.57. The fraction of sp³-hybridized carbons (Fsp3) is 1.00. The lowest BCUT2D eigenvalue weighted by Gasteiger charge is -2.22. The van der Waals surface area contributed by atoms with E-state index in [1.165, 1.54) is 12.8 Å². The molecule has 0 saturated carbocycles. The molecule has 0 N–H and O–H groups in total. The zero-order valence-electron chi connectivity index (χ0n) is 12.5. The average molecular weight is 231 g/mol. The number of likely N-dealkylation sites (N-methyl/N-ethyl adjacent to an activating group) is 1. The molecule has 0 aromatic carbocycles. The third kappa shape index (κ3) is 13.9. The van der Waals surface area contributed by atoms with Gasteiger partial charge in [0.15, 0.2) is 0 Å². The second-order valence-corrected chi connectivity index (χ2v) is 4.96. The van der Waals surface area contributed by atoms with Crippen LogP contribution in [0.15, 0.2) is 0 Å². The van der Waals surface area contributed by atoms with Crippen LogP contribution in [-0.2, 0) is 4.74 Å². The van der Waals surface area contributed by atoms with Gasteiger partial charge < -0.3 is 9.64 Å². The summed E-state index contributed by atoms with van der Waals surface area (Å²) >= 11 is 0. The fourth-order valence-electron chi connectivity index (χ4n) is 1.07. The van der Waals surface area contributed by atoms with Crippen LogP contribution in [0, 0.1) is 5.92 Å². The fourth-order valence-corrected chi connectivity index (χ4v) is 1.07. The van der Waals surface area contributed by atoms with E-state index in [1.54, 1.807) is 0 Å². The van der Waals surface area contributed by atoms with Crippen molar-refractivity contribution in [2.75, 3.05) is 27.3 Å². The molecule has 0 fully saturated rings. The highest BCUT2D eigenvalue weighted by Gasteiger charge is 2.08. The van der Waals surface area contributed by atoms with Crippen LogP contribution >= 0.6 is 0 Å². The van der Waals surface area contributed by atoms with Gasteiger partial charge in [0.25, 0.3) is 0 Å². The molecule has 0 heterocycles. The highest BCUT2D eigenvalue weighted by Crippen LogP contribution is 2.01. The molecule has 2 heteroatoms. The molecule has 0 aliphatic rings. The lowest BCUT2D eigenvalue weighted by molar-refractivity contribution is 0.0619. The second-order valence-electron chi connectivity index (χ2n) is 4.96. The third-order valence-corrected chi connectivity index (χ3v) is 2.46. The van der Waals surface area contributed by atoms with Crippen LogP contribution in [-0.4, -0.2) is 38.3 Å². The van der Waals surface area contributed by atoms with Gasteiger partial charge in [-0.1, -0.05) is 47.5 Å². The van der Waals surface area contributed by atoms with E-state index in [0.29, 0.717) is 12.0 Å². The molecular weight excluding hydrogens is 198 g/mol. The quantitative estimate of drug-likeness (QED) is 0.661. The summed E-state index contributed by atoms with van der Waals surface area (Å²) in [6.45, 7) is 12.7. The molecule has 2 nitrogen and oxygen atoms in total. The highest BCUT2D eigenvalue weighted by molar-refractivity contribution is 4.62. The number of hydrogen-bond donors (Lipinski definition) is 0. The van der Waals surface area contributed by atoms with E-state index in [2.05, 4.69) is 53.6 Å². The van der Waals surface area contributed by atoms with Gasteiger partial charge in [-0.2, -0.15) is 0 Å². The molecule has 1 atom stereocenters. The monoisotopic (exact) mass is 231 g/mol. The molecule has 0 spiro atoms. The SMILES string of the molecule is CCCC.CC[C@@H](COCC(C)C)N(C)C. The van der Waals surface area contributed by atoms with Gasteiger partial charge in [0, 0.05) is 12.6 Å². The molecule has 0 aliphatic carbocycles. The number of nitrogens with zero attached hydrogens (tertiary/aromatic N) is 1. The van der Waals surface area contributed by atoms with Gasteiger partial charge >= 0.3 is 0 Å². The van der Waals surface area contributed by atoms with Crippen LogP contribution < -0.4 is 0 Å². The topological polar surface area (TPSA) is 12.5 Å². The Bertz CT molecular complexity index is 122. The van der Waals surface area contributed by atoms with Crippen molar-refractivity contribution in [2.24, 2.45) is 5.92 Å². The molecule has 0 unspecified atom stereocenters. The van der Waals surface area contributed by atoms with Gasteiger partial charge in [0.2, 0.25) is 0 Å². The second kappa shape index (κ2) is 13.0. The van der Waals surface area contributed by atoms with Gasteiger partial charge in [-0.05, 0) is 26.4 Å². The van der Waals surface area contributed by atoms with Crippen LogP contribution in [0.3, 0.4) is 0 Å². The molecule has 0 saturated heterocycles. The summed E-state index contributed by atoms with van der Waals surface area (Å²) < 4.78 is 5.57. The van der Waals surface area contributed by atoms with Gasteiger partial charge in [-0.25, -0.2) is 0 Å². The molecule has 0 aliphatic heterocycles. The number of unbranched alkanes of at least 4 members (excludes halogenated alkanes) is 1. The van der Waals surface area contributed by atoms with Crippen molar-refractivity contribution in [2.45, 2.75) is 59.9 Å². The normalized spacial score (nSPS) is 12.6. The van der Waals surface area contributed by atoms with E-state index in [0.717, 1.165) is 19.6 Å². The number of hydrogen-bond acceptors (Lipinski definition) is 2. The smallest absolute Gasteiger partial charge is 0.0621 e. The molecule has 16 heavy (non-hydrogen) atoms. The summed E-state index contributed by atoms with van der Waals surface area (Å²) in [5, 5.41) is 0. The predicted molar refractivity (Wildman–Crippen MR) is 74.0 cm³/mol. The van der Waals surface area contributed by atoms with E-state index in [9.17, 15) is 0 Å². The molecule has 0 aromatic heterocycles. The Morgan fingerprint density at radius 1 is 0.938 bits per heavy atom. The molecule has 0 radical (unpaired) electrons. The summed E-state index contributed by atoms with van der Waals surface area (Å²) in [5.74, 6) is 0.643. The van der Waals surface area contributed by atoms with Crippen molar-refractivity contribution < 1.29 is 4.74 Å². The standard InChI is InChI=1S/C10H23NO.C4H10/c1-6-10(11(4)5)8-12-7-9(2)3;1-3-4-2/h9-10H,6-8H2,1-5H3;3-4H2,1-2H3/t10-;/m0./s1. The summed E-state index contributed by atoms with van der Waals surface area (Å²) in [7, 11) is 4.21. The minimum absolute atomic E-state index is 0.573. The summed E-state index contributed by atoms with van der Waals surface area (Å²) in [4.78, 5) is 2.22. The van der Waals surface area contributed by atoms with Crippen molar-refractivity contribution in [3.63, 3.8) is 0 Å². The third-order valence-electron chi connectivity index (χ3n) is 2.46. The minimum Gasteiger partial charge on any atom is -0.380 e. The molecule has 0 bridgehead atoms. The largest absolute Gasteiger partial charge is 0.380 e. The zero-order valence-corrected chi connectivity index (χ0v) is 12.5. The van der Waals surface area contributed by atoms with Crippen molar-refractivity contribution in [1.82, 2.24) is 4.90 Å². The van der Waals surface area contributed by atoms with Crippen molar-refractivity contribution in [3.8, 4) is 0 Å². The van der Waals surface area contributed by atoms with Crippen LogP contribution in [0.1, 0.15) is 53.9 Å². The Hall–Kier alpha value is -0.0800. The van der Waals surface area contributed by atoms with E-state index >= 15 is 0 Å². The van der Waals surface area contributed by atoms with Crippen molar-refractivity contribution in [1.29, 1.82) is 0 Å². The maximum atomic E-state index is 5.57. The summed E-state index contributed by atoms with van der Waals surface area (Å²) in [6, 6.07) is 0.573. The van der Waals surface area contributed by atoms with Gasteiger partial charge in [0.05, 0.1) is 6.61 Å². The Labute approximate surface area is 103 Å². The first-order chi connectivity index (χ1) is 7.49. The lowest BCUT2D eigenvalue weighted by Crippen LogP contribution is -2.32. The first-order valence-electron chi connectivity index (χ1n) is 6.73. The summed E-state index contributed by atoms with van der Waals surface area (Å²) in [6.07, 6.45) is 3.80. The molecule has 0 rings (SSSR count). The van der Waals surface area contributed by atoms with Crippen LogP contribution in [0.25, 0.3) is 0 Å². The Balaban J connectivity index is 0.